The van der Waals surface area contributed by atoms with Crippen LogP contribution in [0, 0.1) is 11.3 Å². The van der Waals surface area contributed by atoms with E-state index < -0.39 is 18.0 Å². The van der Waals surface area contributed by atoms with Crippen molar-refractivity contribution in [2.75, 3.05) is 13.6 Å². The van der Waals surface area contributed by atoms with Gasteiger partial charge in [0.25, 0.3) is 0 Å². The van der Waals surface area contributed by atoms with E-state index in [2.05, 4.69) is 5.32 Å². The fourth-order valence-corrected chi connectivity index (χ4v) is 1.12. The van der Waals surface area contributed by atoms with E-state index in [9.17, 15) is 9.59 Å². The first-order valence-electron chi connectivity index (χ1n) is 5.14. The van der Waals surface area contributed by atoms with Gasteiger partial charge in [-0.05, 0) is 6.42 Å². The Labute approximate surface area is 94.8 Å². The number of nitriles is 1. The lowest BCUT2D eigenvalue weighted by molar-refractivity contribution is -0.139. The van der Waals surface area contributed by atoms with Gasteiger partial charge in [0.2, 0.25) is 0 Å². The Morgan fingerprint density at radius 1 is 1.56 bits per heavy atom. The Morgan fingerprint density at radius 2 is 2.19 bits per heavy atom. The molecule has 0 aliphatic rings. The highest BCUT2D eigenvalue weighted by Crippen LogP contribution is 1.98. The number of hydrogen-bond acceptors (Lipinski definition) is 3. The first-order valence-corrected chi connectivity index (χ1v) is 5.14. The van der Waals surface area contributed by atoms with Crippen molar-refractivity contribution in [2.45, 2.75) is 32.2 Å². The van der Waals surface area contributed by atoms with Crippen LogP contribution in [0.4, 0.5) is 4.79 Å². The van der Waals surface area contributed by atoms with Crippen LogP contribution in [0.2, 0.25) is 0 Å². The molecule has 16 heavy (non-hydrogen) atoms. The van der Waals surface area contributed by atoms with Crippen molar-refractivity contribution in [3.8, 4) is 6.07 Å². The largest absolute Gasteiger partial charge is 0.480 e. The molecule has 0 aromatic heterocycles. The Morgan fingerprint density at radius 3 is 2.62 bits per heavy atom. The molecule has 0 spiro atoms. The molecule has 2 N–H and O–H groups in total. The molecule has 0 heterocycles. The summed E-state index contributed by atoms with van der Waals surface area (Å²) in [5.74, 6) is -1.04. The van der Waals surface area contributed by atoms with Crippen molar-refractivity contribution in [3.63, 3.8) is 0 Å². The van der Waals surface area contributed by atoms with Crippen molar-refractivity contribution in [1.29, 1.82) is 5.26 Å². The van der Waals surface area contributed by atoms with E-state index >= 15 is 0 Å². The summed E-state index contributed by atoms with van der Waals surface area (Å²) in [6.07, 6.45) is 1.31. The van der Waals surface area contributed by atoms with Crippen LogP contribution < -0.4 is 5.32 Å². The second kappa shape index (κ2) is 7.51. The number of carbonyl (C=O) groups is 2. The number of carboxylic acid groups (broad SMARTS) is 1. The van der Waals surface area contributed by atoms with Crippen molar-refractivity contribution in [3.05, 3.63) is 0 Å². The monoisotopic (exact) mass is 227 g/mol. The van der Waals surface area contributed by atoms with Gasteiger partial charge in [0.15, 0.2) is 0 Å². The maximum Gasteiger partial charge on any atom is 0.326 e. The van der Waals surface area contributed by atoms with Gasteiger partial charge in [-0.1, -0.05) is 13.3 Å². The van der Waals surface area contributed by atoms with Gasteiger partial charge in [-0.2, -0.15) is 5.26 Å². The van der Waals surface area contributed by atoms with Crippen LogP contribution in [0.3, 0.4) is 0 Å². The second-order valence-corrected chi connectivity index (χ2v) is 3.46. The smallest absolute Gasteiger partial charge is 0.326 e. The van der Waals surface area contributed by atoms with Gasteiger partial charge in [-0.15, -0.1) is 0 Å². The molecule has 0 aromatic rings. The molecule has 0 radical (unpaired) electrons. The van der Waals surface area contributed by atoms with Crippen molar-refractivity contribution in [1.82, 2.24) is 10.2 Å². The highest BCUT2D eigenvalue weighted by Gasteiger charge is 2.20. The van der Waals surface area contributed by atoms with E-state index in [-0.39, 0.29) is 6.42 Å². The highest BCUT2D eigenvalue weighted by molar-refractivity contribution is 5.82. The first-order chi connectivity index (χ1) is 7.52. The fraction of sp³-hybridized carbons (Fsp3) is 0.700. The van der Waals surface area contributed by atoms with Crippen LogP contribution in [0.1, 0.15) is 26.2 Å². The second-order valence-electron chi connectivity index (χ2n) is 3.46. The summed E-state index contributed by atoms with van der Waals surface area (Å²) in [7, 11) is 1.53. The van der Waals surface area contributed by atoms with E-state index in [0.29, 0.717) is 19.4 Å². The number of carbonyl (C=O) groups excluding carboxylic acids is 1. The summed E-state index contributed by atoms with van der Waals surface area (Å²) in [6, 6.07) is 0.596. The summed E-state index contributed by atoms with van der Waals surface area (Å²) in [5.41, 5.74) is 0. The molecule has 1 unspecified atom stereocenters. The number of nitrogens with zero attached hydrogens (tertiary/aromatic N) is 2. The van der Waals surface area contributed by atoms with E-state index in [1.54, 1.807) is 0 Å². The van der Waals surface area contributed by atoms with Gasteiger partial charge in [-0.3, -0.25) is 0 Å². The van der Waals surface area contributed by atoms with Crippen LogP contribution >= 0.6 is 0 Å². The summed E-state index contributed by atoms with van der Waals surface area (Å²) in [4.78, 5) is 23.6. The Balaban J connectivity index is 4.18. The first kappa shape index (κ1) is 14.2. The molecular weight excluding hydrogens is 210 g/mol. The van der Waals surface area contributed by atoms with Crippen LogP contribution in [-0.4, -0.2) is 41.6 Å². The third-order valence-corrected chi connectivity index (χ3v) is 2.08. The van der Waals surface area contributed by atoms with Gasteiger partial charge in [-0.25, -0.2) is 9.59 Å². The molecule has 90 valence electrons. The minimum absolute atomic E-state index is 0.232. The molecule has 0 saturated carbocycles. The normalized spacial score (nSPS) is 11.3. The lowest BCUT2D eigenvalue weighted by atomic mass is 10.2. The Bertz CT molecular complexity index is 286. The average Bonchev–Trinajstić information content (AvgIpc) is 2.24. The lowest BCUT2D eigenvalue weighted by Crippen LogP contribution is -2.46. The Kier molecular flexibility index (Phi) is 6.68. The topological polar surface area (TPSA) is 93.4 Å². The van der Waals surface area contributed by atoms with E-state index in [0.717, 1.165) is 0 Å². The zero-order chi connectivity index (χ0) is 12.6. The third kappa shape index (κ3) is 5.20. The predicted octanol–water partition coefficient (Wildman–Crippen LogP) is 0.795. The van der Waals surface area contributed by atoms with Crippen LogP contribution in [0.15, 0.2) is 0 Å². The fourth-order valence-electron chi connectivity index (χ4n) is 1.12. The van der Waals surface area contributed by atoms with Gasteiger partial charge < -0.3 is 15.3 Å². The molecule has 0 fully saturated rings. The molecule has 0 rings (SSSR count). The van der Waals surface area contributed by atoms with Crippen LogP contribution in [0.25, 0.3) is 0 Å². The van der Waals surface area contributed by atoms with Crippen LogP contribution in [-0.2, 0) is 4.79 Å². The van der Waals surface area contributed by atoms with E-state index in [1.165, 1.54) is 11.9 Å². The summed E-state index contributed by atoms with van der Waals surface area (Å²) in [6.45, 7) is 2.14. The molecule has 0 aromatic carbocycles. The number of urea groups is 1. The molecule has 1 atom stereocenters. The van der Waals surface area contributed by atoms with Gasteiger partial charge in [0, 0.05) is 13.6 Å². The molecular formula is C10H17N3O3. The predicted molar refractivity (Wildman–Crippen MR) is 57.7 cm³/mol. The zero-order valence-corrected chi connectivity index (χ0v) is 9.56. The van der Waals surface area contributed by atoms with Crippen molar-refractivity contribution >= 4 is 12.0 Å². The van der Waals surface area contributed by atoms with Gasteiger partial charge in [0.1, 0.15) is 6.04 Å². The number of rotatable bonds is 6. The molecule has 0 saturated heterocycles. The summed E-state index contributed by atoms with van der Waals surface area (Å²) in [5, 5.41) is 19.6. The average molecular weight is 227 g/mol. The molecule has 0 aliphatic carbocycles. The molecule has 2 amide bonds. The lowest BCUT2D eigenvalue weighted by Gasteiger charge is -2.20. The Hall–Kier alpha value is -1.77. The quantitative estimate of drug-likeness (QED) is 0.701. The van der Waals surface area contributed by atoms with Crippen molar-refractivity contribution < 1.29 is 14.7 Å². The SMILES string of the molecule is CCCC(NC(=O)N(C)CCC#N)C(=O)O. The summed E-state index contributed by atoms with van der Waals surface area (Å²) >= 11 is 0. The minimum Gasteiger partial charge on any atom is -0.480 e. The number of carboxylic acids is 1. The van der Waals surface area contributed by atoms with Gasteiger partial charge in [0.05, 0.1) is 12.5 Å². The molecule has 6 nitrogen and oxygen atoms in total. The molecule has 0 bridgehead atoms. The van der Waals surface area contributed by atoms with E-state index in [4.69, 9.17) is 10.4 Å². The third-order valence-electron chi connectivity index (χ3n) is 2.08. The summed E-state index contributed by atoms with van der Waals surface area (Å²) < 4.78 is 0. The van der Waals surface area contributed by atoms with Crippen LogP contribution in [0.5, 0.6) is 0 Å². The number of hydrogen-bond donors (Lipinski definition) is 2. The highest BCUT2D eigenvalue weighted by atomic mass is 16.4. The van der Waals surface area contributed by atoms with E-state index in [1.807, 2.05) is 13.0 Å². The minimum atomic E-state index is -1.04. The maximum absolute atomic E-state index is 11.5. The standard InChI is InChI=1S/C10H17N3O3/c1-3-5-8(9(14)15)12-10(16)13(2)7-4-6-11/h8H,3-5,7H2,1-2H3,(H,12,16)(H,14,15). The molecule has 6 heteroatoms. The maximum atomic E-state index is 11.5. The zero-order valence-electron chi connectivity index (χ0n) is 9.56. The van der Waals surface area contributed by atoms with Crippen molar-refractivity contribution in [2.24, 2.45) is 0 Å². The number of amides is 2. The number of aliphatic carboxylic acids is 1. The van der Waals surface area contributed by atoms with Gasteiger partial charge >= 0.3 is 12.0 Å². The number of nitrogens with one attached hydrogen (secondary N) is 1. The molecule has 0 aliphatic heterocycles.